The van der Waals surface area contributed by atoms with Gasteiger partial charge in [0.25, 0.3) is 0 Å². The maximum Gasteiger partial charge on any atom is 0.0701 e. The van der Waals surface area contributed by atoms with Gasteiger partial charge in [0.05, 0.1) is 9.83 Å². The molecule has 0 saturated heterocycles. The summed E-state index contributed by atoms with van der Waals surface area (Å²) in [5, 5.41) is 2.11. The highest BCUT2D eigenvalue weighted by Gasteiger charge is 2.14. The fraction of sp³-hybridized carbons (Fsp3) is 0.273. The Balaban J connectivity index is 2.35. The molecule has 0 amide bonds. The van der Waals surface area contributed by atoms with E-state index in [2.05, 4.69) is 47.3 Å². The zero-order valence-corrected chi connectivity index (χ0v) is 11.8. The summed E-state index contributed by atoms with van der Waals surface area (Å²) in [6, 6.07) is 4.30. The second kappa shape index (κ2) is 4.37. The van der Waals surface area contributed by atoms with Crippen molar-refractivity contribution in [1.82, 2.24) is 0 Å². The lowest BCUT2D eigenvalue weighted by molar-refractivity contribution is 0.873. The van der Waals surface area contributed by atoms with E-state index in [0.29, 0.717) is 0 Å². The first-order valence-electron chi connectivity index (χ1n) is 4.64. The summed E-state index contributed by atoms with van der Waals surface area (Å²) in [5.41, 5.74) is 8.68. The lowest BCUT2D eigenvalue weighted by Crippen LogP contribution is -2.10. The first-order chi connectivity index (χ1) is 7.08. The van der Waals surface area contributed by atoms with Gasteiger partial charge in [-0.25, -0.2) is 0 Å². The van der Waals surface area contributed by atoms with Crippen LogP contribution in [0.2, 0.25) is 0 Å². The van der Waals surface area contributed by atoms with Gasteiger partial charge in [-0.3, -0.25) is 0 Å². The highest BCUT2D eigenvalue weighted by molar-refractivity contribution is 9.11. The number of halogens is 1. The fourth-order valence-electron chi connectivity index (χ4n) is 1.63. The summed E-state index contributed by atoms with van der Waals surface area (Å²) in [4.78, 5) is 2.65. The number of hydrogen-bond acceptors (Lipinski definition) is 3. The molecule has 2 rings (SSSR count). The van der Waals surface area contributed by atoms with Gasteiger partial charge in [0, 0.05) is 9.75 Å². The van der Waals surface area contributed by atoms with Crippen LogP contribution in [0.3, 0.4) is 0 Å². The van der Waals surface area contributed by atoms with Gasteiger partial charge in [0.2, 0.25) is 0 Å². The van der Waals surface area contributed by atoms with E-state index in [0.717, 1.165) is 3.79 Å². The number of aryl methyl sites for hydroxylation is 2. The largest absolute Gasteiger partial charge is 0.320 e. The van der Waals surface area contributed by atoms with Crippen LogP contribution in [0.25, 0.3) is 0 Å². The van der Waals surface area contributed by atoms with Gasteiger partial charge < -0.3 is 5.73 Å². The van der Waals surface area contributed by atoms with Gasteiger partial charge >= 0.3 is 0 Å². The van der Waals surface area contributed by atoms with E-state index in [9.17, 15) is 0 Å². The molecule has 2 aromatic rings. The van der Waals surface area contributed by atoms with Crippen LogP contribution in [-0.2, 0) is 0 Å². The molecule has 0 aliphatic heterocycles. The Morgan fingerprint density at radius 3 is 2.53 bits per heavy atom. The van der Waals surface area contributed by atoms with Crippen LogP contribution in [0.5, 0.6) is 0 Å². The minimum Gasteiger partial charge on any atom is -0.320 e. The standard InChI is InChI=1S/C11H12BrNS2/c1-6-3-9(7(2)15-6)11(13)8-4-10(12)14-5-8/h3-5,11H,13H2,1-2H3. The van der Waals surface area contributed by atoms with E-state index < -0.39 is 0 Å². The molecular formula is C11H12BrNS2. The molecule has 80 valence electrons. The smallest absolute Gasteiger partial charge is 0.0701 e. The summed E-state index contributed by atoms with van der Waals surface area (Å²) >= 11 is 6.95. The zero-order chi connectivity index (χ0) is 11.0. The van der Waals surface area contributed by atoms with Crippen molar-refractivity contribution in [3.8, 4) is 0 Å². The molecule has 4 heteroatoms. The third-order valence-corrected chi connectivity index (χ3v) is 4.87. The molecule has 0 aliphatic carbocycles. The lowest BCUT2D eigenvalue weighted by atomic mass is 10.0. The van der Waals surface area contributed by atoms with Crippen molar-refractivity contribution in [2.24, 2.45) is 5.73 Å². The van der Waals surface area contributed by atoms with Crippen molar-refractivity contribution < 1.29 is 0 Å². The zero-order valence-electron chi connectivity index (χ0n) is 8.58. The van der Waals surface area contributed by atoms with Crippen molar-refractivity contribution in [3.63, 3.8) is 0 Å². The quantitative estimate of drug-likeness (QED) is 0.882. The molecular weight excluding hydrogens is 290 g/mol. The van der Waals surface area contributed by atoms with Crippen LogP contribution in [-0.4, -0.2) is 0 Å². The van der Waals surface area contributed by atoms with Gasteiger partial charge in [-0.15, -0.1) is 22.7 Å². The Morgan fingerprint density at radius 2 is 2.07 bits per heavy atom. The van der Waals surface area contributed by atoms with E-state index >= 15 is 0 Å². The van der Waals surface area contributed by atoms with Crippen molar-refractivity contribution in [1.29, 1.82) is 0 Å². The van der Waals surface area contributed by atoms with Gasteiger partial charge in [-0.2, -0.15) is 0 Å². The first-order valence-corrected chi connectivity index (χ1v) is 7.13. The lowest BCUT2D eigenvalue weighted by Gasteiger charge is -2.09. The molecule has 0 aromatic carbocycles. The summed E-state index contributed by atoms with van der Waals surface area (Å²) in [6.07, 6.45) is 0. The van der Waals surface area contributed by atoms with E-state index in [1.807, 2.05) is 11.3 Å². The second-order valence-electron chi connectivity index (χ2n) is 3.53. The van der Waals surface area contributed by atoms with E-state index in [1.54, 1.807) is 11.3 Å². The second-order valence-corrected chi connectivity index (χ2v) is 7.28. The minimum absolute atomic E-state index is 0.0116. The SMILES string of the molecule is Cc1cc(C(N)c2csc(Br)c2)c(C)s1. The van der Waals surface area contributed by atoms with Crippen molar-refractivity contribution in [3.05, 3.63) is 42.2 Å². The van der Waals surface area contributed by atoms with E-state index in [1.165, 1.54) is 20.9 Å². The molecule has 2 heterocycles. The molecule has 1 atom stereocenters. The van der Waals surface area contributed by atoms with E-state index in [-0.39, 0.29) is 6.04 Å². The molecule has 0 bridgehead atoms. The van der Waals surface area contributed by atoms with Crippen molar-refractivity contribution in [2.45, 2.75) is 19.9 Å². The third-order valence-electron chi connectivity index (χ3n) is 2.36. The number of rotatable bonds is 2. The topological polar surface area (TPSA) is 26.0 Å². The molecule has 2 aromatic heterocycles. The molecule has 0 aliphatic rings. The van der Waals surface area contributed by atoms with E-state index in [4.69, 9.17) is 5.73 Å². The van der Waals surface area contributed by atoms with Gasteiger partial charge in [0.15, 0.2) is 0 Å². The normalized spacial score (nSPS) is 13.1. The summed E-state index contributed by atoms with van der Waals surface area (Å²) in [7, 11) is 0. The monoisotopic (exact) mass is 301 g/mol. The van der Waals surface area contributed by atoms with Gasteiger partial charge in [0.1, 0.15) is 0 Å². The number of hydrogen-bond donors (Lipinski definition) is 1. The summed E-state index contributed by atoms with van der Waals surface area (Å²) in [6.45, 7) is 4.26. The molecule has 2 N–H and O–H groups in total. The molecule has 0 fully saturated rings. The molecule has 1 unspecified atom stereocenters. The average molecular weight is 302 g/mol. The first kappa shape index (κ1) is 11.3. The van der Waals surface area contributed by atoms with Crippen molar-refractivity contribution in [2.75, 3.05) is 0 Å². The van der Waals surface area contributed by atoms with Crippen LogP contribution in [0, 0.1) is 13.8 Å². The maximum atomic E-state index is 6.24. The molecule has 0 saturated carbocycles. The highest BCUT2D eigenvalue weighted by atomic mass is 79.9. The maximum absolute atomic E-state index is 6.24. The Bertz CT molecular complexity index is 473. The number of nitrogens with two attached hydrogens (primary N) is 1. The average Bonchev–Trinajstić information content (AvgIpc) is 2.71. The molecule has 0 radical (unpaired) electrons. The van der Waals surface area contributed by atoms with Gasteiger partial charge in [-0.05, 0) is 58.4 Å². The van der Waals surface area contributed by atoms with Crippen LogP contribution in [0.15, 0.2) is 21.3 Å². The Morgan fingerprint density at radius 1 is 1.33 bits per heavy atom. The molecule has 0 spiro atoms. The Hall–Kier alpha value is -0.160. The third kappa shape index (κ3) is 2.33. The molecule has 1 nitrogen and oxygen atoms in total. The Kier molecular flexibility index (Phi) is 3.30. The van der Waals surface area contributed by atoms with Crippen LogP contribution in [0.1, 0.15) is 26.9 Å². The van der Waals surface area contributed by atoms with Crippen LogP contribution < -0.4 is 5.73 Å². The minimum atomic E-state index is 0.0116. The Labute approximate surface area is 106 Å². The van der Waals surface area contributed by atoms with Crippen LogP contribution >= 0.6 is 38.6 Å². The number of thiophene rings is 2. The van der Waals surface area contributed by atoms with Gasteiger partial charge in [-0.1, -0.05) is 0 Å². The van der Waals surface area contributed by atoms with Crippen molar-refractivity contribution >= 4 is 38.6 Å². The highest BCUT2D eigenvalue weighted by Crippen LogP contribution is 2.32. The fourth-order valence-corrected chi connectivity index (χ4v) is 3.81. The predicted molar refractivity (Wildman–Crippen MR) is 71.8 cm³/mol. The summed E-state index contributed by atoms with van der Waals surface area (Å²) in [5.74, 6) is 0. The summed E-state index contributed by atoms with van der Waals surface area (Å²) < 4.78 is 1.14. The predicted octanol–water partition coefficient (Wildman–Crippen LogP) is 4.24. The van der Waals surface area contributed by atoms with Crippen LogP contribution in [0.4, 0.5) is 0 Å². The molecule has 15 heavy (non-hydrogen) atoms.